The van der Waals surface area contributed by atoms with Crippen molar-refractivity contribution in [2.45, 2.75) is 26.7 Å². The molecule has 2 heterocycles. The molecule has 6 heteroatoms. The fraction of sp³-hybridized carbons (Fsp3) is 0.318. The van der Waals surface area contributed by atoms with Crippen molar-refractivity contribution in [3.8, 4) is 17.2 Å². The number of rotatable bonds is 5. The zero-order chi connectivity index (χ0) is 19.7. The molecule has 4 rings (SSSR count). The predicted octanol–water partition coefficient (Wildman–Crippen LogP) is 4.39. The second-order valence-corrected chi connectivity index (χ2v) is 7.09. The average molecular weight is 377 g/mol. The zero-order valence-electron chi connectivity index (χ0n) is 16.2. The zero-order valence-corrected chi connectivity index (χ0v) is 16.2. The van der Waals surface area contributed by atoms with Crippen LogP contribution in [0.1, 0.15) is 32.3 Å². The van der Waals surface area contributed by atoms with E-state index in [9.17, 15) is 4.79 Å². The van der Waals surface area contributed by atoms with Crippen LogP contribution in [-0.4, -0.2) is 23.7 Å². The highest BCUT2D eigenvalue weighted by Gasteiger charge is 2.32. The third-order valence-electron chi connectivity index (χ3n) is 5.28. The molecular weight excluding hydrogens is 354 g/mol. The van der Waals surface area contributed by atoms with E-state index in [4.69, 9.17) is 9.15 Å². The summed E-state index contributed by atoms with van der Waals surface area (Å²) in [6.07, 6.45) is 1.81. The molecule has 2 atom stereocenters. The van der Waals surface area contributed by atoms with Gasteiger partial charge in [0.15, 0.2) is 5.58 Å². The molecule has 2 unspecified atom stereocenters. The molecule has 0 saturated heterocycles. The number of fused-ring (bicyclic) bond motifs is 1. The molecule has 1 N–H and O–H groups in total. The number of amides is 1. The van der Waals surface area contributed by atoms with Crippen molar-refractivity contribution in [2.24, 2.45) is 16.9 Å². The first-order valence-corrected chi connectivity index (χ1v) is 9.53. The Labute approximate surface area is 163 Å². The smallest absolute Gasteiger partial charge is 0.243 e. The van der Waals surface area contributed by atoms with Crippen molar-refractivity contribution in [1.29, 1.82) is 0 Å². The van der Waals surface area contributed by atoms with Gasteiger partial charge in [-0.05, 0) is 42.8 Å². The van der Waals surface area contributed by atoms with Gasteiger partial charge in [-0.15, -0.1) is 0 Å². The van der Waals surface area contributed by atoms with Gasteiger partial charge in [-0.1, -0.05) is 26.3 Å². The first-order valence-electron chi connectivity index (χ1n) is 9.53. The highest BCUT2D eigenvalue weighted by Crippen LogP contribution is 2.30. The maximum Gasteiger partial charge on any atom is 0.243 e. The Hall–Kier alpha value is -3.15. The number of hydrogen-bond donors (Lipinski definition) is 1. The van der Waals surface area contributed by atoms with Gasteiger partial charge in [-0.2, -0.15) is 5.10 Å². The Morgan fingerprint density at radius 1 is 1.14 bits per heavy atom. The Balaban J connectivity index is 1.67. The molecule has 1 aromatic heterocycles. The molecule has 0 fully saturated rings. The maximum absolute atomic E-state index is 12.1. The summed E-state index contributed by atoms with van der Waals surface area (Å²) in [7, 11) is 1.64. The van der Waals surface area contributed by atoms with E-state index in [1.165, 1.54) is 0 Å². The lowest BCUT2D eigenvalue weighted by Crippen LogP contribution is -2.40. The second-order valence-electron chi connectivity index (χ2n) is 7.09. The number of hydrazone groups is 1. The maximum atomic E-state index is 12.1. The van der Waals surface area contributed by atoms with Gasteiger partial charge in [-0.25, -0.2) is 10.4 Å². The van der Waals surface area contributed by atoms with E-state index in [2.05, 4.69) is 29.4 Å². The number of carbonyl (C=O) groups is 1. The summed E-state index contributed by atoms with van der Waals surface area (Å²) in [6.45, 7) is 4.15. The normalized spacial score (nSPS) is 19.4. The molecule has 0 spiro atoms. The minimum absolute atomic E-state index is 0.000588. The molecule has 1 aliphatic heterocycles. The minimum atomic E-state index is -0.0576. The van der Waals surface area contributed by atoms with Crippen LogP contribution in [-0.2, 0) is 4.79 Å². The summed E-state index contributed by atoms with van der Waals surface area (Å²) in [5.41, 5.74) is 6.86. The molecule has 6 nitrogen and oxygen atoms in total. The van der Waals surface area contributed by atoms with Crippen molar-refractivity contribution in [2.75, 3.05) is 7.11 Å². The lowest BCUT2D eigenvalue weighted by molar-refractivity contribution is -0.126. The lowest BCUT2D eigenvalue weighted by atomic mass is 9.82. The van der Waals surface area contributed by atoms with Gasteiger partial charge in [-0.3, -0.25) is 4.79 Å². The molecule has 0 bridgehead atoms. The first kappa shape index (κ1) is 18.2. The van der Waals surface area contributed by atoms with E-state index >= 15 is 0 Å². The van der Waals surface area contributed by atoms with Gasteiger partial charge in [0.05, 0.1) is 12.8 Å². The molecule has 3 aromatic rings. The van der Waals surface area contributed by atoms with Crippen LogP contribution in [0.3, 0.4) is 0 Å². The lowest BCUT2D eigenvalue weighted by Gasteiger charge is -2.27. The van der Waals surface area contributed by atoms with Gasteiger partial charge in [0.1, 0.15) is 11.3 Å². The van der Waals surface area contributed by atoms with Crippen LogP contribution >= 0.6 is 0 Å². The van der Waals surface area contributed by atoms with Crippen LogP contribution < -0.4 is 10.2 Å². The number of methoxy groups -OCH3 is 1. The Kier molecular flexibility index (Phi) is 4.86. The topological polar surface area (TPSA) is 76.7 Å². The highest BCUT2D eigenvalue weighted by atomic mass is 16.5. The largest absolute Gasteiger partial charge is 0.497 e. The average Bonchev–Trinajstić information content (AvgIpc) is 3.14. The van der Waals surface area contributed by atoms with Crippen molar-refractivity contribution < 1.29 is 13.9 Å². The number of nitrogens with zero attached hydrogens (tertiary/aromatic N) is 2. The number of carbonyl (C=O) groups excluding carboxylic acids is 1. The molecular formula is C22H23N3O3. The molecule has 0 aliphatic carbocycles. The van der Waals surface area contributed by atoms with E-state index in [1.807, 2.05) is 42.5 Å². The third-order valence-corrected chi connectivity index (χ3v) is 5.28. The summed E-state index contributed by atoms with van der Waals surface area (Å²) < 4.78 is 11.2. The number of benzene rings is 2. The van der Waals surface area contributed by atoms with Gasteiger partial charge >= 0.3 is 0 Å². The SMILES string of the molecule is CCCC1C(=O)NN=C(c2ccc3nc(-c4ccc(OC)cc4)oc3c2)C1C. The number of oxazole rings is 1. The Morgan fingerprint density at radius 2 is 1.89 bits per heavy atom. The van der Waals surface area contributed by atoms with E-state index in [0.29, 0.717) is 11.5 Å². The molecule has 1 aliphatic rings. The second kappa shape index (κ2) is 7.46. The standard InChI is InChI=1S/C22H23N3O3/c1-4-5-17-13(2)20(24-25-21(17)26)15-8-11-18-19(12-15)28-22(23-18)14-6-9-16(27-3)10-7-14/h6-13,17H,4-5H2,1-3H3,(H,25,26). The first-order chi connectivity index (χ1) is 13.6. The molecule has 144 valence electrons. The van der Waals surface area contributed by atoms with Crippen LogP contribution in [0, 0.1) is 11.8 Å². The van der Waals surface area contributed by atoms with Gasteiger partial charge in [0.25, 0.3) is 0 Å². The minimum Gasteiger partial charge on any atom is -0.497 e. The molecule has 28 heavy (non-hydrogen) atoms. The molecule has 0 radical (unpaired) electrons. The van der Waals surface area contributed by atoms with Gasteiger partial charge < -0.3 is 9.15 Å². The summed E-state index contributed by atoms with van der Waals surface area (Å²) in [6, 6.07) is 13.5. The Bertz CT molecular complexity index is 1040. The monoisotopic (exact) mass is 377 g/mol. The summed E-state index contributed by atoms with van der Waals surface area (Å²) in [4.78, 5) is 16.7. The number of ether oxygens (including phenoxy) is 1. The van der Waals surface area contributed by atoms with Crippen molar-refractivity contribution >= 4 is 22.7 Å². The van der Waals surface area contributed by atoms with E-state index in [0.717, 1.165) is 40.9 Å². The van der Waals surface area contributed by atoms with Crippen molar-refractivity contribution in [3.63, 3.8) is 0 Å². The van der Waals surface area contributed by atoms with Crippen molar-refractivity contribution in [1.82, 2.24) is 10.4 Å². The summed E-state index contributed by atoms with van der Waals surface area (Å²) in [5.74, 6) is 1.34. The third kappa shape index (κ3) is 3.26. The van der Waals surface area contributed by atoms with Crippen molar-refractivity contribution in [3.05, 3.63) is 48.0 Å². The number of hydrogen-bond acceptors (Lipinski definition) is 5. The molecule has 1 amide bonds. The fourth-order valence-corrected chi connectivity index (χ4v) is 3.68. The quantitative estimate of drug-likeness (QED) is 0.715. The van der Waals surface area contributed by atoms with Crippen LogP contribution in [0.5, 0.6) is 5.75 Å². The van der Waals surface area contributed by atoms with Crippen LogP contribution in [0.4, 0.5) is 0 Å². The van der Waals surface area contributed by atoms with E-state index in [-0.39, 0.29) is 17.7 Å². The van der Waals surface area contributed by atoms with Crippen LogP contribution in [0.15, 0.2) is 52.0 Å². The molecule has 2 aromatic carbocycles. The predicted molar refractivity (Wildman–Crippen MR) is 108 cm³/mol. The highest BCUT2D eigenvalue weighted by molar-refractivity contribution is 6.07. The summed E-state index contributed by atoms with van der Waals surface area (Å²) in [5, 5.41) is 4.33. The van der Waals surface area contributed by atoms with E-state index in [1.54, 1.807) is 7.11 Å². The Morgan fingerprint density at radius 3 is 2.61 bits per heavy atom. The summed E-state index contributed by atoms with van der Waals surface area (Å²) >= 11 is 0. The number of nitrogens with one attached hydrogen (secondary N) is 1. The van der Waals surface area contributed by atoms with Crippen LogP contribution in [0.25, 0.3) is 22.6 Å². The van der Waals surface area contributed by atoms with Gasteiger partial charge in [0.2, 0.25) is 11.8 Å². The fourth-order valence-electron chi connectivity index (χ4n) is 3.68. The number of aromatic nitrogens is 1. The van der Waals surface area contributed by atoms with E-state index < -0.39 is 0 Å². The molecule has 0 saturated carbocycles. The van der Waals surface area contributed by atoms with Crippen LogP contribution in [0.2, 0.25) is 0 Å². The van der Waals surface area contributed by atoms with Gasteiger partial charge in [0, 0.05) is 23.0 Å².